The summed E-state index contributed by atoms with van der Waals surface area (Å²) in [6, 6.07) is 0. The fourth-order valence-electron chi connectivity index (χ4n) is 0.596. The maximum atomic E-state index is 3.96. The van der Waals surface area contributed by atoms with Crippen molar-refractivity contribution in [3.05, 3.63) is 0 Å². The third kappa shape index (κ3) is 2.67. The standard InChI is InChI=1S/C6H11N3S2/c1-3-4-7-5-8-9-6(10-2)11-5/h3-4H2,1-2H3,(H,7,8). The Bertz CT molecular complexity index is 211. The monoisotopic (exact) mass is 189 g/mol. The lowest BCUT2D eigenvalue weighted by Crippen LogP contribution is -1.98. The Morgan fingerprint density at radius 2 is 2.36 bits per heavy atom. The van der Waals surface area contributed by atoms with Crippen molar-refractivity contribution in [2.45, 2.75) is 17.7 Å². The number of hydrogen-bond donors (Lipinski definition) is 1. The highest BCUT2D eigenvalue weighted by Crippen LogP contribution is 2.22. The molecule has 0 fully saturated rings. The van der Waals surface area contributed by atoms with Crippen LogP contribution in [0.25, 0.3) is 0 Å². The van der Waals surface area contributed by atoms with Gasteiger partial charge in [0.2, 0.25) is 5.13 Å². The van der Waals surface area contributed by atoms with Gasteiger partial charge in [-0.1, -0.05) is 30.0 Å². The number of hydrogen-bond acceptors (Lipinski definition) is 5. The molecule has 0 aromatic carbocycles. The second-order valence-corrected chi connectivity index (χ2v) is 4.03. The molecule has 0 spiro atoms. The maximum absolute atomic E-state index is 3.96. The predicted molar refractivity (Wildman–Crippen MR) is 50.5 cm³/mol. The second kappa shape index (κ2) is 4.56. The minimum atomic E-state index is 0.927. The number of anilines is 1. The van der Waals surface area contributed by atoms with Crippen LogP contribution >= 0.6 is 23.1 Å². The van der Waals surface area contributed by atoms with Gasteiger partial charge in [-0.25, -0.2) is 0 Å². The van der Waals surface area contributed by atoms with Gasteiger partial charge >= 0.3 is 0 Å². The molecule has 0 atom stereocenters. The summed E-state index contributed by atoms with van der Waals surface area (Å²) in [5.74, 6) is 0. The van der Waals surface area contributed by atoms with Crippen LogP contribution in [-0.2, 0) is 0 Å². The molecule has 1 heterocycles. The number of aromatic nitrogens is 2. The van der Waals surface area contributed by atoms with E-state index in [1.54, 1.807) is 23.1 Å². The van der Waals surface area contributed by atoms with E-state index in [9.17, 15) is 0 Å². The van der Waals surface area contributed by atoms with Crippen molar-refractivity contribution in [1.29, 1.82) is 0 Å². The van der Waals surface area contributed by atoms with Crippen molar-refractivity contribution >= 4 is 28.2 Å². The molecule has 62 valence electrons. The molecule has 3 nitrogen and oxygen atoms in total. The van der Waals surface area contributed by atoms with Crippen LogP contribution in [0.15, 0.2) is 4.34 Å². The third-order valence-electron chi connectivity index (χ3n) is 1.11. The van der Waals surface area contributed by atoms with Crippen molar-refractivity contribution in [3.8, 4) is 0 Å². The summed E-state index contributed by atoms with van der Waals surface area (Å²) in [7, 11) is 0. The molecule has 0 unspecified atom stereocenters. The molecule has 0 saturated carbocycles. The zero-order chi connectivity index (χ0) is 8.10. The van der Waals surface area contributed by atoms with Crippen LogP contribution in [-0.4, -0.2) is 23.0 Å². The van der Waals surface area contributed by atoms with Gasteiger partial charge in [0.25, 0.3) is 0 Å². The Morgan fingerprint density at radius 3 is 2.91 bits per heavy atom. The largest absolute Gasteiger partial charge is 0.360 e. The molecule has 1 rings (SSSR count). The van der Waals surface area contributed by atoms with Crippen LogP contribution in [0.5, 0.6) is 0 Å². The van der Waals surface area contributed by atoms with Gasteiger partial charge in [0.15, 0.2) is 4.34 Å². The van der Waals surface area contributed by atoms with Gasteiger partial charge in [-0.3, -0.25) is 0 Å². The zero-order valence-corrected chi connectivity index (χ0v) is 8.26. The van der Waals surface area contributed by atoms with Crippen LogP contribution in [0.1, 0.15) is 13.3 Å². The van der Waals surface area contributed by atoms with E-state index in [0.29, 0.717) is 0 Å². The number of nitrogens with zero attached hydrogens (tertiary/aromatic N) is 2. The average Bonchev–Trinajstić information content (AvgIpc) is 2.48. The van der Waals surface area contributed by atoms with E-state index >= 15 is 0 Å². The van der Waals surface area contributed by atoms with Crippen molar-refractivity contribution in [2.75, 3.05) is 18.1 Å². The Morgan fingerprint density at radius 1 is 1.55 bits per heavy atom. The first-order valence-electron chi connectivity index (χ1n) is 3.48. The molecule has 5 heteroatoms. The summed E-state index contributed by atoms with van der Waals surface area (Å²) in [5, 5.41) is 12.0. The first-order valence-corrected chi connectivity index (χ1v) is 5.52. The molecule has 1 aromatic rings. The maximum Gasteiger partial charge on any atom is 0.206 e. The SMILES string of the molecule is CCCNc1nnc(SC)s1. The summed E-state index contributed by atoms with van der Waals surface area (Å²) >= 11 is 3.23. The molecule has 1 aromatic heterocycles. The van der Waals surface area contributed by atoms with Crippen LogP contribution in [0.3, 0.4) is 0 Å². The van der Waals surface area contributed by atoms with E-state index in [-0.39, 0.29) is 0 Å². The lowest BCUT2D eigenvalue weighted by Gasteiger charge is -1.94. The van der Waals surface area contributed by atoms with Gasteiger partial charge in [-0.05, 0) is 12.7 Å². The average molecular weight is 189 g/mol. The van der Waals surface area contributed by atoms with Crippen molar-refractivity contribution in [2.24, 2.45) is 0 Å². The summed E-state index contributed by atoms with van der Waals surface area (Å²) in [6.45, 7) is 3.10. The number of thioether (sulfide) groups is 1. The van der Waals surface area contributed by atoms with Crippen molar-refractivity contribution in [3.63, 3.8) is 0 Å². The Balaban J connectivity index is 2.44. The molecule has 0 radical (unpaired) electrons. The molecule has 0 aliphatic heterocycles. The molecule has 11 heavy (non-hydrogen) atoms. The smallest absolute Gasteiger partial charge is 0.206 e. The molecule has 0 bridgehead atoms. The molecule has 0 amide bonds. The van der Waals surface area contributed by atoms with Crippen molar-refractivity contribution in [1.82, 2.24) is 10.2 Å². The van der Waals surface area contributed by atoms with Crippen LogP contribution < -0.4 is 5.32 Å². The molecular weight excluding hydrogens is 178 g/mol. The van der Waals surface area contributed by atoms with Gasteiger partial charge in [0.1, 0.15) is 0 Å². The van der Waals surface area contributed by atoms with Crippen molar-refractivity contribution < 1.29 is 0 Å². The Hall–Kier alpha value is -0.290. The topological polar surface area (TPSA) is 37.8 Å². The van der Waals surface area contributed by atoms with Crippen LogP contribution in [0, 0.1) is 0 Å². The number of rotatable bonds is 4. The normalized spacial score (nSPS) is 10.0. The zero-order valence-electron chi connectivity index (χ0n) is 6.63. The fourth-order valence-corrected chi connectivity index (χ4v) is 1.79. The molecule has 1 N–H and O–H groups in total. The lowest BCUT2D eigenvalue weighted by molar-refractivity contribution is 0.951. The third-order valence-corrected chi connectivity index (χ3v) is 2.96. The minimum Gasteiger partial charge on any atom is -0.360 e. The quantitative estimate of drug-likeness (QED) is 0.736. The van der Waals surface area contributed by atoms with E-state index in [2.05, 4.69) is 22.4 Å². The predicted octanol–water partition coefficient (Wildman–Crippen LogP) is 2.08. The van der Waals surface area contributed by atoms with Crippen LogP contribution in [0.2, 0.25) is 0 Å². The van der Waals surface area contributed by atoms with Gasteiger partial charge in [0, 0.05) is 6.54 Å². The first-order chi connectivity index (χ1) is 5.36. The summed E-state index contributed by atoms with van der Waals surface area (Å²) < 4.78 is 1.02. The number of nitrogens with one attached hydrogen (secondary N) is 1. The van der Waals surface area contributed by atoms with Gasteiger partial charge < -0.3 is 5.32 Å². The van der Waals surface area contributed by atoms with E-state index in [1.807, 2.05) is 6.26 Å². The van der Waals surface area contributed by atoms with Crippen LogP contribution in [0.4, 0.5) is 5.13 Å². The first kappa shape index (κ1) is 8.80. The molecular formula is C6H11N3S2. The molecule has 0 saturated heterocycles. The highest BCUT2D eigenvalue weighted by Gasteiger charge is 1.99. The summed E-state index contributed by atoms with van der Waals surface area (Å²) in [5.41, 5.74) is 0. The highest BCUT2D eigenvalue weighted by atomic mass is 32.2. The van der Waals surface area contributed by atoms with E-state index in [1.165, 1.54) is 0 Å². The highest BCUT2D eigenvalue weighted by molar-refractivity contribution is 8.00. The Kier molecular flexibility index (Phi) is 3.65. The van der Waals surface area contributed by atoms with Gasteiger partial charge in [0.05, 0.1) is 0 Å². The molecule has 0 aliphatic rings. The minimum absolute atomic E-state index is 0.927. The van der Waals surface area contributed by atoms with E-state index < -0.39 is 0 Å². The van der Waals surface area contributed by atoms with Gasteiger partial charge in [-0.15, -0.1) is 10.2 Å². The Labute approximate surface area is 74.6 Å². The summed E-state index contributed by atoms with van der Waals surface area (Å²) in [6.07, 6.45) is 3.12. The molecule has 0 aliphatic carbocycles. The van der Waals surface area contributed by atoms with E-state index in [0.717, 1.165) is 22.4 Å². The van der Waals surface area contributed by atoms with Gasteiger partial charge in [-0.2, -0.15) is 0 Å². The van der Waals surface area contributed by atoms with E-state index in [4.69, 9.17) is 0 Å². The fraction of sp³-hybridized carbons (Fsp3) is 0.667. The lowest BCUT2D eigenvalue weighted by atomic mass is 10.5. The summed E-state index contributed by atoms with van der Waals surface area (Å²) in [4.78, 5) is 0. The second-order valence-electron chi connectivity index (χ2n) is 2.00.